The number of anilines is 1. The molecule has 0 heterocycles. The summed E-state index contributed by atoms with van der Waals surface area (Å²) >= 11 is 0. The van der Waals surface area contributed by atoms with Crippen molar-refractivity contribution in [3.8, 4) is 5.75 Å². The van der Waals surface area contributed by atoms with Crippen LogP contribution in [-0.2, 0) is 4.79 Å². The van der Waals surface area contributed by atoms with Gasteiger partial charge in [-0.25, -0.2) is 13.6 Å². The van der Waals surface area contributed by atoms with Crippen LogP contribution in [-0.4, -0.2) is 54.3 Å². The predicted molar refractivity (Wildman–Crippen MR) is 93.8 cm³/mol. The van der Waals surface area contributed by atoms with Crippen molar-refractivity contribution in [2.75, 3.05) is 25.5 Å². The van der Waals surface area contributed by atoms with Gasteiger partial charge < -0.3 is 20.5 Å². The number of carbonyl (C=O) groups is 2. The number of methoxy groups -OCH3 is 1. The fourth-order valence-electron chi connectivity index (χ4n) is 3.29. The molecule has 27 heavy (non-hydrogen) atoms. The molecule has 7 nitrogen and oxygen atoms in total. The van der Waals surface area contributed by atoms with Crippen molar-refractivity contribution in [1.29, 1.82) is 0 Å². The van der Waals surface area contributed by atoms with Gasteiger partial charge in [0, 0.05) is 30.8 Å². The Kier molecular flexibility index (Phi) is 5.79. The number of hydrogen-bond acceptors (Lipinski definition) is 4. The summed E-state index contributed by atoms with van der Waals surface area (Å²) in [7, 11) is 1.29. The molecule has 0 saturated heterocycles. The number of urea groups is 1. The molecule has 0 bridgehead atoms. The van der Waals surface area contributed by atoms with E-state index in [1.54, 1.807) is 0 Å². The molecule has 148 valence electrons. The summed E-state index contributed by atoms with van der Waals surface area (Å²) in [5.74, 6) is -2.39. The van der Waals surface area contributed by atoms with E-state index in [1.165, 1.54) is 7.11 Å². The molecule has 2 amide bonds. The minimum Gasteiger partial charge on any atom is -0.494 e. The average molecular weight is 383 g/mol. The number of nitrogens with zero attached hydrogens (tertiary/aromatic N) is 1. The summed E-state index contributed by atoms with van der Waals surface area (Å²) in [4.78, 5) is 25.1. The monoisotopic (exact) mass is 383 g/mol. The number of rotatable bonds is 8. The van der Waals surface area contributed by atoms with E-state index in [4.69, 9.17) is 9.84 Å². The summed E-state index contributed by atoms with van der Waals surface area (Å²) < 4.78 is 31.6. The van der Waals surface area contributed by atoms with Gasteiger partial charge in [-0.15, -0.1) is 0 Å². The Morgan fingerprint density at radius 1 is 1.26 bits per heavy atom. The SMILES string of the molecule is COc1cc(F)c(F)cc1NC(=O)NC1CC(N(CC(=O)O)CC2CC2)C1. The van der Waals surface area contributed by atoms with Crippen LogP contribution in [0, 0.1) is 17.6 Å². The second-order valence-electron chi connectivity index (χ2n) is 7.15. The molecule has 1 aromatic rings. The van der Waals surface area contributed by atoms with Gasteiger partial charge >= 0.3 is 12.0 Å². The van der Waals surface area contributed by atoms with Crippen LogP contribution in [0.25, 0.3) is 0 Å². The lowest BCUT2D eigenvalue weighted by molar-refractivity contribution is -0.139. The van der Waals surface area contributed by atoms with Crippen LogP contribution in [0.3, 0.4) is 0 Å². The number of carboxylic acid groups (broad SMARTS) is 1. The third-order valence-electron chi connectivity index (χ3n) is 4.98. The van der Waals surface area contributed by atoms with Crippen molar-refractivity contribution in [1.82, 2.24) is 10.2 Å². The molecular formula is C18H23F2N3O4. The quantitative estimate of drug-likeness (QED) is 0.641. The first kappa shape index (κ1) is 19.3. The normalized spacial score (nSPS) is 21.5. The third kappa shape index (κ3) is 5.06. The molecule has 0 radical (unpaired) electrons. The van der Waals surface area contributed by atoms with E-state index >= 15 is 0 Å². The third-order valence-corrected chi connectivity index (χ3v) is 4.98. The minimum absolute atomic E-state index is 0.00609. The second-order valence-corrected chi connectivity index (χ2v) is 7.15. The molecule has 1 aromatic carbocycles. The molecule has 0 spiro atoms. The highest BCUT2D eigenvalue weighted by Crippen LogP contribution is 2.34. The zero-order valence-electron chi connectivity index (χ0n) is 15.0. The molecule has 0 aliphatic heterocycles. The molecule has 0 unspecified atom stereocenters. The lowest BCUT2D eigenvalue weighted by atomic mass is 9.85. The number of ether oxygens (including phenoxy) is 1. The summed E-state index contributed by atoms with van der Waals surface area (Å²) in [6.07, 6.45) is 3.59. The summed E-state index contributed by atoms with van der Waals surface area (Å²) in [6.45, 7) is 0.786. The van der Waals surface area contributed by atoms with Crippen LogP contribution >= 0.6 is 0 Å². The molecule has 3 rings (SSSR count). The number of carboxylic acids is 1. The Hall–Kier alpha value is -2.42. The summed E-state index contributed by atoms with van der Waals surface area (Å²) in [5, 5.41) is 14.3. The number of aliphatic carboxylic acids is 1. The van der Waals surface area contributed by atoms with E-state index in [2.05, 4.69) is 10.6 Å². The molecule has 2 fully saturated rings. The van der Waals surface area contributed by atoms with Gasteiger partial charge in [0.1, 0.15) is 5.75 Å². The molecule has 9 heteroatoms. The average Bonchev–Trinajstić information content (AvgIpc) is 3.36. The van der Waals surface area contributed by atoms with Gasteiger partial charge in [-0.1, -0.05) is 0 Å². The molecular weight excluding hydrogens is 360 g/mol. The van der Waals surface area contributed by atoms with Crippen molar-refractivity contribution in [2.24, 2.45) is 5.92 Å². The van der Waals surface area contributed by atoms with E-state index in [0.29, 0.717) is 18.8 Å². The highest BCUT2D eigenvalue weighted by molar-refractivity contribution is 5.91. The smallest absolute Gasteiger partial charge is 0.319 e. The molecule has 3 N–H and O–H groups in total. The van der Waals surface area contributed by atoms with Crippen LogP contribution in [0.5, 0.6) is 5.75 Å². The van der Waals surface area contributed by atoms with Gasteiger partial charge in [-0.3, -0.25) is 9.69 Å². The van der Waals surface area contributed by atoms with Crippen LogP contribution in [0.15, 0.2) is 12.1 Å². The van der Waals surface area contributed by atoms with E-state index in [-0.39, 0.29) is 30.1 Å². The first-order valence-electron chi connectivity index (χ1n) is 8.92. The second kappa shape index (κ2) is 8.08. The molecule has 0 atom stereocenters. The predicted octanol–water partition coefficient (Wildman–Crippen LogP) is 2.42. The Labute approximate surface area is 155 Å². The van der Waals surface area contributed by atoms with Gasteiger partial charge in [0.05, 0.1) is 19.3 Å². The number of nitrogens with one attached hydrogen (secondary N) is 2. The standard InChI is InChI=1S/C18H23F2N3O4/c1-27-16-7-14(20)13(19)6-15(16)22-18(26)21-11-4-12(5-11)23(9-17(24)25)8-10-2-3-10/h6-7,10-12H,2-5,8-9H2,1H3,(H,24,25)(H2,21,22,26). The number of carbonyl (C=O) groups excluding carboxylic acids is 1. The highest BCUT2D eigenvalue weighted by atomic mass is 19.2. The molecule has 2 saturated carbocycles. The summed E-state index contributed by atoms with van der Waals surface area (Å²) in [5.41, 5.74) is 0.0333. The largest absolute Gasteiger partial charge is 0.494 e. The molecule has 2 aliphatic carbocycles. The zero-order valence-corrected chi connectivity index (χ0v) is 15.0. The number of hydrogen-bond donors (Lipinski definition) is 3. The fourth-order valence-corrected chi connectivity index (χ4v) is 3.29. The van der Waals surface area contributed by atoms with E-state index in [9.17, 15) is 18.4 Å². The Bertz CT molecular complexity index is 721. The van der Waals surface area contributed by atoms with Gasteiger partial charge in [-0.05, 0) is 31.6 Å². The Morgan fingerprint density at radius 2 is 1.93 bits per heavy atom. The van der Waals surface area contributed by atoms with Crippen LogP contribution in [0.2, 0.25) is 0 Å². The van der Waals surface area contributed by atoms with Gasteiger partial charge in [0.15, 0.2) is 11.6 Å². The van der Waals surface area contributed by atoms with Crippen LogP contribution < -0.4 is 15.4 Å². The summed E-state index contributed by atoms with van der Waals surface area (Å²) in [6, 6.07) is 1.22. The topological polar surface area (TPSA) is 90.9 Å². The fraction of sp³-hybridized carbons (Fsp3) is 0.556. The van der Waals surface area contributed by atoms with Crippen LogP contribution in [0.1, 0.15) is 25.7 Å². The van der Waals surface area contributed by atoms with E-state index < -0.39 is 23.6 Å². The Morgan fingerprint density at radius 3 is 2.52 bits per heavy atom. The van der Waals surface area contributed by atoms with Crippen molar-refractivity contribution < 1.29 is 28.2 Å². The number of halogens is 2. The molecule has 2 aliphatic rings. The van der Waals surface area contributed by atoms with E-state index in [1.807, 2.05) is 4.90 Å². The maximum Gasteiger partial charge on any atom is 0.319 e. The minimum atomic E-state index is -1.08. The lowest BCUT2D eigenvalue weighted by Crippen LogP contribution is -2.55. The van der Waals surface area contributed by atoms with Gasteiger partial charge in [0.2, 0.25) is 0 Å². The first-order chi connectivity index (χ1) is 12.9. The van der Waals surface area contributed by atoms with Crippen molar-refractivity contribution >= 4 is 17.7 Å². The maximum atomic E-state index is 13.4. The van der Waals surface area contributed by atoms with Crippen molar-refractivity contribution in [2.45, 2.75) is 37.8 Å². The first-order valence-corrected chi connectivity index (χ1v) is 8.92. The lowest BCUT2D eigenvalue weighted by Gasteiger charge is -2.42. The maximum absolute atomic E-state index is 13.4. The van der Waals surface area contributed by atoms with Gasteiger partial charge in [-0.2, -0.15) is 0 Å². The molecule has 0 aromatic heterocycles. The van der Waals surface area contributed by atoms with Crippen LogP contribution in [0.4, 0.5) is 19.3 Å². The Balaban J connectivity index is 1.50. The number of benzene rings is 1. The van der Waals surface area contributed by atoms with E-state index in [0.717, 1.165) is 31.5 Å². The highest BCUT2D eigenvalue weighted by Gasteiger charge is 2.37. The van der Waals surface area contributed by atoms with Gasteiger partial charge in [0.25, 0.3) is 0 Å². The van der Waals surface area contributed by atoms with Crippen molar-refractivity contribution in [3.63, 3.8) is 0 Å². The van der Waals surface area contributed by atoms with Crippen molar-refractivity contribution in [3.05, 3.63) is 23.8 Å². The number of amides is 2. The zero-order chi connectivity index (χ0) is 19.6.